The van der Waals surface area contributed by atoms with Crippen LogP contribution in [0, 0.1) is 5.92 Å². The Morgan fingerprint density at radius 1 is 1.03 bits per heavy atom. The van der Waals surface area contributed by atoms with Crippen LogP contribution < -0.4 is 10.2 Å². The van der Waals surface area contributed by atoms with E-state index < -0.39 is 0 Å². The standard InChI is InChI=1S/C21H19N5O2S/c27-19(24-20-23-18(25-29-20)14-6-2-1-3-7-14)15-10-12-26(13-11-15)21-22-16-8-4-5-9-17(16)28-21/h1-9,15H,10-13H2,(H,23,24,25,27). The second kappa shape index (κ2) is 7.63. The van der Waals surface area contributed by atoms with Crippen molar-refractivity contribution in [2.45, 2.75) is 12.8 Å². The molecule has 8 heteroatoms. The molecule has 2 aromatic heterocycles. The van der Waals surface area contributed by atoms with Gasteiger partial charge in [-0.2, -0.15) is 14.3 Å². The number of nitrogens with one attached hydrogen (secondary N) is 1. The second-order valence-electron chi connectivity index (χ2n) is 7.00. The molecule has 5 rings (SSSR count). The van der Waals surface area contributed by atoms with Gasteiger partial charge in [-0.1, -0.05) is 42.5 Å². The van der Waals surface area contributed by atoms with Crippen molar-refractivity contribution in [1.29, 1.82) is 0 Å². The molecule has 0 radical (unpaired) electrons. The van der Waals surface area contributed by atoms with E-state index in [-0.39, 0.29) is 11.8 Å². The lowest BCUT2D eigenvalue weighted by Gasteiger charge is -2.29. The van der Waals surface area contributed by atoms with Crippen LogP contribution in [0.25, 0.3) is 22.5 Å². The Morgan fingerprint density at radius 3 is 2.59 bits per heavy atom. The molecule has 1 aliphatic rings. The molecule has 1 amide bonds. The predicted molar refractivity (Wildman–Crippen MR) is 113 cm³/mol. The maximum absolute atomic E-state index is 12.7. The number of carbonyl (C=O) groups excluding carboxylic acids is 1. The SMILES string of the molecule is O=C(Nc1nc(-c2ccccc2)ns1)C1CCN(c2nc3ccccc3o2)CC1. The maximum Gasteiger partial charge on any atom is 0.298 e. The molecular formula is C21H19N5O2S. The van der Waals surface area contributed by atoms with Gasteiger partial charge >= 0.3 is 0 Å². The molecule has 4 aromatic rings. The highest BCUT2D eigenvalue weighted by atomic mass is 32.1. The fourth-order valence-electron chi connectivity index (χ4n) is 3.51. The van der Waals surface area contributed by atoms with Crippen LogP contribution in [0.1, 0.15) is 12.8 Å². The van der Waals surface area contributed by atoms with Crippen LogP contribution in [0.3, 0.4) is 0 Å². The summed E-state index contributed by atoms with van der Waals surface area (Å²) in [5.74, 6) is 0.578. The molecule has 2 aromatic carbocycles. The first-order valence-electron chi connectivity index (χ1n) is 9.57. The monoisotopic (exact) mass is 405 g/mol. The number of anilines is 2. The molecule has 29 heavy (non-hydrogen) atoms. The zero-order valence-electron chi connectivity index (χ0n) is 15.6. The van der Waals surface area contributed by atoms with Gasteiger partial charge < -0.3 is 14.6 Å². The smallest absolute Gasteiger partial charge is 0.298 e. The van der Waals surface area contributed by atoms with Crippen molar-refractivity contribution in [2.24, 2.45) is 5.92 Å². The summed E-state index contributed by atoms with van der Waals surface area (Å²) in [4.78, 5) is 23.8. The number of benzene rings is 2. The summed E-state index contributed by atoms with van der Waals surface area (Å²) in [7, 11) is 0. The van der Waals surface area contributed by atoms with Crippen molar-refractivity contribution in [3.63, 3.8) is 0 Å². The number of hydrogen-bond acceptors (Lipinski definition) is 7. The van der Waals surface area contributed by atoms with Gasteiger partial charge in [0.05, 0.1) is 0 Å². The summed E-state index contributed by atoms with van der Waals surface area (Å²) in [5, 5.41) is 3.46. The van der Waals surface area contributed by atoms with Crippen molar-refractivity contribution in [1.82, 2.24) is 14.3 Å². The molecular weight excluding hydrogens is 386 g/mol. The molecule has 0 spiro atoms. The van der Waals surface area contributed by atoms with Crippen molar-refractivity contribution in [3.05, 3.63) is 54.6 Å². The molecule has 1 saturated heterocycles. The van der Waals surface area contributed by atoms with E-state index in [2.05, 4.69) is 24.6 Å². The fourth-order valence-corrected chi connectivity index (χ4v) is 4.11. The highest BCUT2D eigenvalue weighted by Crippen LogP contribution is 2.27. The Kier molecular flexibility index (Phi) is 4.69. The molecule has 3 heterocycles. The van der Waals surface area contributed by atoms with E-state index in [1.165, 1.54) is 11.5 Å². The third kappa shape index (κ3) is 3.71. The molecule has 0 aliphatic carbocycles. The summed E-state index contributed by atoms with van der Waals surface area (Å²) in [6.07, 6.45) is 1.49. The van der Waals surface area contributed by atoms with E-state index in [0.717, 1.165) is 42.6 Å². The Balaban J connectivity index is 1.20. The van der Waals surface area contributed by atoms with Crippen LogP contribution in [-0.4, -0.2) is 33.3 Å². The number of rotatable bonds is 4. The quantitative estimate of drug-likeness (QED) is 0.548. The van der Waals surface area contributed by atoms with Crippen LogP contribution in [0.2, 0.25) is 0 Å². The largest absolute Gasteiger partial charge is 0.423 e. The molecule has 146 valence electrons. The summed E-state index contributed by atoms with van der Waals surface area (Å²) in [6.45, 7) is 1.46. The van der Waals surface area contributed by atoms with Gasteiger partial charge in [0.1, 0.15) is 5.52 Å². The predicted octanol–water partition coefficient (Wildman–Crippen LogP) is 4.20. The fraction of sp³-hybridized carbons (Fsp3) is 0.238. The van der Waals surface area contributed by atoms with Crippen LogP contribution in [-0.2, 0) is 4.79 Å². The summed E-state index contributed by atoms with van der Waals surface area (Å²) in [6, 6.07) is 18.1. The number of para-hydroxylation sites is 2. The first kappa shape index (κ1) is 17.8. The maximum atomic E-state index is 12.7. The van der Waals surface area contributed by atoms with Crippen molar-refractivity contribution < 1.29 is 9.21 Å². The first-order valence-corrected chi connectivity index (χ1v) is 10.3. The number of aromatic nitrogens is 3. The Morgan fingerprint density at radius 2 is 1.79 bits per heavy atom. The lowest BCUT2D eigenvalue weighted by Crippen LogP contribution is -2.38. The minimum atomic E-state index is -0.0558. The number of fused-ring (bicyclic) bond motifs is 1. The number of amides is 1. The van der Waals surface area contributed by atoms with Crippen LogP contribution in [0.4, 0.5) is 11.1 Å². The number of oxazole rings is 1. The van der Waals surface area contributed by atoms with Gasteiger partial charge in [-0.05, 0) is 25.0 Å². The minimum absolute atomic E-state index is 0.00187. The van der Waals surface area contributed by atoms with E-state index in [9.17, 15) is 4.79 Å². The van der Waals surface area contributed by atoms with Gasteiger partial charge in [0.25, 0.3) is 6.01 Å². The van der Waals surface area contributed by atoms with Gasteiger partial charge in [0, 0.05) is 36.1 Å². The van der Waals surface area contributed by atoms with E-state index >= 15 is 0 Å². The summed E-state index contributed by atoms with van der Waals surface area (Å²) in [5.41, 5.74) is 2.58. The zero-order valence-corrected chi connectivity index (χ0v) is 16.4. The van der Waals surface area contributed by atoms with E-state index in [0.29, 0.717) is 17.0 Å². The number of nitrogens with zero attached hydrogens (tertiary/aromatic N) is 4. The number of hydrogen-bond donors (Lipinski definition) is 1. The van der Waals surface area contributed by atoms with Crippen molar-refractivity contribution >= 4 is 39.7 Å². The molecule has 0 unspecified atom stereocenters. The van der Waals surface area contributed by atoms with Gasteiger partial charge in [0.2, 0.25) is 11.0 Å². The van der Waals surface area contributed by atoms with Gasteiger partial charge in [-0.3, -0.25) is 4.79 Å². The molecule has 7 nitrogen and oxygen atoms in total. The average molecular weight is 405 g/mol. The normalized spacial score (nSPS) is 15.0. The molecule has 1 aliphatic heterocycles. The lowest BCUT2D eigenvalue weighted by molar-refractivity contribution is -0.120. The topological polar surface area (TPSA) is 84.2 Å². The Hall–Kier alpha value is -3.26. The van der Waals surface area contributed by atoms with Crippen molar-refractivity contribution in [3.8, 4) is 11.4 Å². The van der Waals surface area contributed by atoms with Crippen LogP contribution in [0.5, 0.6) is 0 Å². The van der Waals surface area contributed by atoms with Crippen LogP contribution >= 0.6 is 11.5 Å². The number of carbonyl (C=O) groups is 1. The third-order valence-corrected chi connectivity index (χ3v) is 5.74. The lowest BCUT2D eigenvalue weighted by atomic mass is 9.96. The van der Waals surface area contributed by atoms with E-state index in [4.69, 9.17) is 4.42 Å². The Labute approximate surface area is 171 Å². The average Bonchev–Trinajstić information content (AvgIpc) is 3.41. The van der Waals surface area contributed by atoms with Gasteiger partial charge in [-0.25, -0.2) is 0 Å². The molecule has 0 bridgehead atoms. The highest BCUT2D eigenvalue weighted by Gasteiger charge is 2.28. The Bertz CT molecular complexity index is 1100. The zero-order chi connectivity index (χ0) is 19.6. The number of piperidine rings is 1. The minimum Gasteiger partial charge on any atom is -0.423 e. The van der Waals surface area contributed by atoms with E-state index in [1.807, 2.05) is 54.6 Å². The van der Waals surface area contributed by atoms with Gasteiger partial charge in [-0.15, -0.1) is 0 Å². The van der Waals surface area contributed by atoms with Gasteiger partial charge in [0.15, 0.2) is 11.4 Å². The van der Waals surface area contributed by atoms with Crippen LogP contribution in [0.15, 0.2) is 59.0 Å². The molecule has 1 N–H and O–H groups in total. The summed E-state index contributed by atoms with van der Waals surface area (Å²) >= 11 is 1.21. The first-order chi connectivity index (χ1) is 14.3. The summed E-state index contributed by atoms with van der Waals surface area (Å²) < 4.78 is 10.2. The molecule has 0 saturated carbocycles. The molecule has 0 atom stereocenters. The third-order valence-electron chi connectivity index (χ3n) is 5.11. The van der Waals surface area contributed by atoms with E-state index in [1.54, 1.807) is 0 Å². The van der Waals surface area contributed by atoms with Crippen molar-refractivity contribution in [2.75, 3.05) is 23.3 Å². The second-order valence-corrected chi connectivity index (χ2v) is 7.76. The highest BCUT2D eigenvalue weighted by molar-refractivity contribution is 7.10. The molecule has 1 fully saturated rings.